The highest BCUT2D eigenvalue weighted by molar-refractivity contribution is 5.89. The third kappa shape index (κ3) is 4.64. The number of aromatic nitrogens is 2. The van der Waals surface area contributed by atoms with Gasteiger partial charge in [0.25, 0.3) is 5.56 Å². The van der Waals surface area contributed by atoms with Gasteiger partial charge in [0.05, 0.1) is 16.9 Å². The van der Waals surface area contributed by atoms with Gasteiger partial charge >= 0.3 is 6.03 Å². The molecule has 1 fully saturated rings. The Morgan fingerprint density at radius 3 is 2.64 bits per heavy atom. The summed E-state index contributed by atoms with van der Waals surface area (Å²) < 4.78 is 1.80. The topological polar surface area (TPSA) is 70.5 Å². The summed E-state index contributed by atoms with van der Waals surface area (Å²) in [6, 6.07) is 15.4. The van der Waals surface area contributed by atoms with Crippen molar-refractivity contribution >= 4 is 22.6 Å². The van der Waals surface area contributed by atoms with E-state index < -0.39 is 0 Å². The van der Waals surface area contributed by atoms with Crippen LogP contribution in [0.4, 0.5) is 10.5 Å². The van der Waals surface area contributed by atoms with E-state index in [9.17, 15) is 9.59 Å². The number of rotatable bonds is 5. The van der Waals surface area contributed by atoms with E-state index in [1.165, 1.54) is 0 Å². The van der Waals surface area contributed by atoms with Crippen LogP contribution in [0.3, 0.4) is 0 Å². The summed E-state index contributed by atoms with van der Waals surface area (Å²) in [5.41, 5.74) is 2.68. The van der Waals surface area contributed by atoms with Crippen LogP contribution in [0, 0.1) is 6.92 Å². The molecule has 0 saturated carbocycles. The van der Waals surface area contributed by atoms with Crippen LogP contribution in [-0.4, -0.2) is 51.1 Å². The molecule has 1 aliphatic rings. The molecule has 1 aromatic heterocycles. The SMILES string of the molecule is CCC(c1nc2ccccc2c(=O)n1CC)N1CCN(C(=O)Nc2cccc(C)c2)C(C)C1. The van der Waals surface area contributed by atoms with E-state index in [2.05, 4.69) is 24.1 Å². The van der Waals surface area contributed by atoms with Gasteiger partial charge in [-0.15, -0.1) is 0 Å². The van der Waals surface area contributed by atoms with Crippen LogP contribution >= 0.6 is 0 Å². The summed E-state index contributed by atoms with van der Waals surface area (Å²) in [6.07, 6.45) is 0.840. The van der Waals surface area contributed by atoms with E-state index >= 15 is 0 Å². The fourth-order valence-corrected chi connectivity index (χ4v) is 4.84. The number of carbonyl (C=O) groups is 1. The summed E-state index contributed by atoms with van der Waals surface area (Å²) in [5, 5.41) is 3.69. The Morgan fingerprint density at radius 1 is 1.15 bits per heavy atom. The highest BCUT2D eigenvalue weighted by atomic mass is 16.2. The number of hydrogen-bond donors (Lipinski definition) is 1. The molecule has 0 radical (unpaired) electrons. The molecule has 1 N–H and O–H groups in total. The lowest BCUT2D eigenvalue weighted by atomic mass is 10.1. The third-order valence-electron chi connectivity index (χ3n) is 6.52. The van der Waals surface area contributed by atoms with Crippen molar-refractivity contribution in [3.05, 3.63) is 70.3 Å². The average molecular weight is 448 g/mol. The molecule has 0 spiro atoms. The zero-order valence-electron chi connectivity index (χ0n) is 19.9. The van der Waals surface area contributed by atoms with Crippen molar-refractivity contribution in [1.29, 1.82) is 0 Å². The number of benzene rings is 2. The number of anilines is 1. The number of urea groups is 1. The molecular formula is C26H33N5O2. The Balaban J connectivity index is 1.54. The van der Waals surface area contributed by atoms with E-state index in [1.54, 1.807) is 4.57 Å². The molecule has 2 atom stereocenters. The smallest absolute Gasteiger partial charge is 0.319 e. The molecule has 2 heterocycles. The van der Waals surface area contributed by atoms with Gasteiger partial charge in [0.1, 0.15) is 5.82 Å². The van der Waals surface area contributed by atoms with Gasteiger partial charge < -0.3 is 10.2 Å². The molecule has 7 heteroatoms. The number of nitrogens with zero attached hydrogens (tertiary/aromatic N) is 4. The zero-order chi connectivity index (χ0) is 23.5. The minimum absolute atomic E-state index is 0.0146. The van der Waals surface area contributed by atoms with Gasteiger partial charge in [-0.2, -0.15) is 0 Å². The van der Waals surface area contributed by atoms with E-state index in [1.807, 2.05) is 67.3 Å². The fourth-order valence-electron chi connectivity index (χ4n) is 4.84. The number of fused-ring (bicyclic) bond motifs is 1. The molecule has 0 aliphatic carbocycles. The van der Waals surface area contributed by atoms with Crippen molar-refractivity contribution in [3.8, 4) is 0 Å². The molecule has 0 bridgehead atoms. The number of carbonyl (C=O) groups excluding carboxylic acids is 1. The first-order chi connectivity index (χ1) is 15.9. The largest absolute Gasteiger partial charge is 0.322 e. The standard InChI is InChI=1S/C26H33N5O2/c1-5-23(24-28-22-13-8-7-12-21(22)25(32)30(24)6-2)29-14-15-31(19(4)17-29)26(33)27-20-11-9-10-18(3)16-20/h7-13,16,19,23H,5-6,14-15,17H2,1-4H3,(H,27,33). The van der Waals surface area contributed by atoms with Crippen molar-refractivity contribution in [2.24, 2.45) is 0 Å². The molecule has 1 aliphatic heterocycles. The highest BCUT2D eigenvalue weighted by Crippen LogP contribution is 2.27. The first kappa shape index (κ1) is 23.0. The summed E-state index contributed by atoms with van der Waals surface area (Å²) in [5.74, 6) is 0.813. The second-order valence-electron chi connectivity index (χ2n) is 8.80. The highest BCUT2D eigenvalue weighted by Gasteiger charge is 2.33. The normalized spacial score (nSPS) is 17.8. The molecular weight excluding hydrogens is 414 g/mol. The molecule has 33 heavy (non-hydrogen) atoms. The van der Waals surface area contributed by atoms with Gasteiger partial charge in [0.15, 0.2) is 0 Å². The van der Waals surface area contributed by atoms with Crippen LogP contribution in [0.15, 0.2) is 53.3 Å². The Bertz CT molecular complexity index is 1200. The van der Waals surface area contributed by atoms with E-state index in [0.717, 1.165) is 42.1 Å². The fraction of sp³-hybridized carbons (Fsp3) is 0.423. The molecule has 2 aromatic carbocycles. The molecule has 3 aromatic rings. The second kappa shape index (κ2) is 9.75. The number of para-hydroxylation sites is 1. The van der Waals surface area contributed by atoms with Crippen LogP contribution in [0.2, 0.25) is 0 Å². The Hall–Kier alpha value is -3.19. The van der Waals surface area contributed by atoms with Crippen molar-refractivity contribution in [2.75, 3.05) is 25.0 Å². The van der Waals surface area contributed by atoms with Crippen LogP contribution in [0.25, 0.3) is 10.9 Å². The Kier molecular flexibility index (Phi) is 6.79. The van der Waals surface area contributed by atoms with Gasteiger partial charge in [-0.05, 0) is 57.0 Å². The van der Waals surface area contributed by atoms with Crippen molar-refractivity contribution in [1.82, 2.24) is 19.4 Å². The lowest BCUT2D eigenvalue weighted by Gasteiger charge is -2.43. The van der Waals surface area contributed by atoms with Crippen LogP contribution in [0.1, 0.15) is 44.6 Å². The lowest BCUT2D eigenvalue weighted by molar-refractivity contribution is 0.0718. The number of hydrogen-bond acceptors (Lipinski definition) is 4. The number of nitrogens with one attached hydrogen (secondary N) is 1. The van der Waals surface area contributed by atoms with Crippen molar-refractivity contribution in [2.45, 2.75) is 52.7 Å². The first-order valence-corrected chi connectivity index (χ1v) is 11.8. The molecule has 7 nitrogen and oxygen atoms in total. The van der Waals surface area contributed by atoms with Crippen LogP contribution < -0.4 is 10.9 Å². The quantitative estimate of drug-likeness (QED) is 0.629. The summed E-state index contributed by atoms with van der Waals surface area (Å²) in [4.78, 5) is 35.3. The maximum Gasteiger partial charge on any atom is 0.322 e. The van der Waals surface area contributed by atoms with Crippen LogP contribution in [-0.2, 0) is 6.54 Å². The monoisotopic (exact) mass is 447 g/mol. The lowest BCUT2D eigenvalue weighted by Crippen LogP contribution is -2.56. The summed E-state index contributed by atoms with van der Waals surface area (Å²) >= 11 is 0. The van der Waals surface area contributed by atoms with E-state index in [-0.39, 0.29) is 23.7 Å². The number of piperazine rings is 1. The third-order valence-corrected chi connectivity index (χ3v) is 6.52. The zero-order valence-corrected chi connectivity index (χ0v) is 19.9. The average Bonchev–Trinajstić information content (AvgIpc) is 2.80. The summed E-state index contributed by atoms with van der Waals surface area (Å²) in [7, 11) is 0. The van der Waals surface area contributed by atoms with Crippen LogP contribution in [0.5, 0.6) is 0 Å². The van der Waals surface area contributed by atoms with Gasteiger partial charge in [0, 0.05) is 37.9 Å². The van der Waals surface area contributed by atoms with Crippen molar-refractivity contribution < 1.29 is 4.79 Å². The first-order valence-electron chi connectivity index (χ1n) is 11.8. The summed E-state index contributed by atoms with van der Waals surface area (Å²) in [6.45, 7) is 10.9. The maximum absolute atomic E-state index is 13.1. The predicted octanol–water partition coefficient (Wildman–Crippen LogP) is 4.41. The van der Waals surface area contributed by atoms with E-state index in [0.29, 0.717) is 18.5 Å². The minimum atomic E-state index is -0.0740. The second-order valence-corrected chi connectivity index (χ2v) is 8.80. The molecule has 2 amide bonds. The minimum Gasteiger partial charge on any atom is -0.319 e. The molecule has 2 unspecified atom stereocenters. The number of amides is 2. The van der Waals surface area contributed by atoms with Gasteiger partial charge in [-0.3, -0.25) is 14.3 Å². The molecule has 1 saturated heterocycles. The number of aryl methyl sites for hydroxylation is 1. The van der Waals surface area contributed by atoms with Crippen molar-refractivity contribution in [3.63, 3.8) is 0 Å². The maximum atomic E-state index is 13.1. The Morgan fingerprint density at radius 2 is 1.94 bits per heavy atom. The van der Waals surface area contributed by atoms with E-state index in [4.69, 9.17) is 4.98 Å². The van der Waals surface area contributed by atoms with Gasteiger partial charge in [0.2, 0.25) is 0 Å². The molecule has 4 rings (SSSR count). The molecule has 174 valence electrons. The van der Waals surface area contributed by atoms with Gasteiger partial charge in [-0.25, -0.2) is 9.78 Å². The predicted molar refractivity (Wildman–Crippen MR) is 133 cm³/mol. The Labute approximate surface area is 195 Å². The van der Waals surface area contributed by atoms with Gasteiger partial charge in [-0.1, -0.05) is 31.2 Å².